The topological polar surface area (TPSA) is 72.9 Å². The summed E-state index contributed by atoms with van der Waals surface area (Å²) in [5.41, 5.74) is -2.45. The summed E-state index contributed by atoms with van der Waals surface area (Å²) in [5.74, 6) is -2.02. The number of allylic oxidation sites excluding steroid dienone is 3. The highest BCUT2D eigenvalue weighted by atomic mass is 19.4. The number of ether oxygens (including phenoxy) is 1. The number of rotatable bonds is 4. The summed E-state index contributed by atoms with van der Waals surface area (Å²) in [4.78, 5) is 28.4. The number of fused-ring (bicyclic) bond motifs is 1. The van der Waals surface area contributed by atoms with Crippen LogP contribution in [0.2, 0.25) is 0 Å². The Morgan fingerprint density at radius 1 is 1.32 bits per heavy atom. The zero-order valence-electron chi connectivity index (χ0n) is 17.0. The third-order valence-corrected chi connectivity index (χ3v) is 4.82. The highest BCUT2D eigenvalue weighted by Gasteiger charge is 2.45. The Balaban J connectivity index is 2.38. The molecular weight excluding hydrogens is 413 g/mol. The van der Waals surface area contributed by atoms with E-state index < -0.39 is 29.5 Å². The Bertz CT molecular complexity index is 1220. The predicted molar refractivity (Wildman–Crippen MR) is 107 cm³/mol. The number of nitrogens with zero attached hydrogens (tertiary/aromatic N) is 1. The fraction of sp³-hybridized carbons (Fsp3) is 0.318. The first-order valence-corrected chi connectivity index (χ1v) is 9.47. The van der Waals surface area contributed by atoms with Crippen LogP contribution in [-0.2, 0) is 9.53 Å². The fourth-order valence-electron chi connectivity index (χ4n) is 3.54. The summed E-state index contributed by atoms with van der Waals surface area (Å²) in [7, 11) is 0. The number of carbonyl (C=O) groups is 1. The van der Waals surface area contributed by atoms with Gasteiger partial charge in [-0.25, -0.2) is 9.64 Å². The van der Waals surface area contributed by atoms with Gasteiger partial charge in [-0.15, -0.1) is 0 Å². The molecule has 1 aliphatic heterocycles. The molecule has 9 heteroatoms. The molecule has 6 nitrogen and oxygen atoms in total. The molecule has 0 fully saturated rings. The molecule has 0 spiro atoms. The normalized spacial score (nSPS) is 16.9. The maximum atomic E-state index is 13.7. The predicted octanol–water partition coefficient (Wildman–Crippen LogP) is 4.71. The lowest BCUT2D eigenvalue weighted by Crippen LogP contribution is -2.35. The number of benzene rings is 1. The molecule has 0 aliphatic carbocycles. The third kappa shape index (κ3) is 4.06. The summed E-state index contributed by atoms with van der Waals surface area (Å²) in [6.45, 7) is 12.2. The van der Waals surface area contributed by atoms with Crippen molar-refractivity contribution in [1.82, 2.24) is 5.32 Å². The van der Waals surface area contributed by atoms with Gasteiger partial charge in [-0.3, -0.25) is 4.79 Å². The number of hydrogen-bond acceptors (Lipinski definition) is 5. The number of alkyl halides is 3. The monoisotopic (exact) mass is 432 g/mol. The molecule has 1 aromatic carbocycles. The van der Waals surface area contributed by atoms with Crippen LogP contribution >= 0.6 is 0 Å². The van der Waals surface area contributed by atoms with Gasteiger partial charge in [0, 0.05) is 11.8 Å². The fourth-order valence-corrected chi connectivity index (χ4v) is 3.54. The van der Waals surface area contributed by atoms with Crippen molar-refractivity contribution in [1.29, 1.82) is 0 Å². The van der Waals surface area contributed by atoms with E-state index in [4.69, 9.17) is 15.7 Å². The van der Waals surface area contributed by atoms with Crippen LogP contribution in [0, 0.1) is 13.5 Å². The SMILES string of the molecule is [C-]#[N+]C1=C(C(F)(F)F)NC(C)=C(C(=O)OCCC)C1c1cccc2c(=O)cc(C)oc12. The minimum absolute atomic E-state index is 0.0238. The number of dihydropyridines is 1. The standard InChI is InChI=1S/C22H19F3N2O4/c1-5-9-30-21(29)16-12(3)27-20(22(23,24)25)18(26-4)17(16)14-8-6-7-13-15(28)10-11(2)31-19(13)14/h6-8,10,17,27H,5,9H2,1-3H3. The van der Waals surface area contributed by atoms with Gasteiger partial charge in [0.15, 0.2) is 5.43 Å². The van der Waals surface area contributed by atoms with E-state index in [1.165, 1.54) is 38.1 Å². The number of halogens is 3. The summed E-state index contributed by atoms with van der Waals surface area (Å²) in [6.07, 6.45) is -4.35. The molecule has 1 N–H and O–H groups in total. The highest BCUT2D eigenvalue weighted by molar-refractivity contribution is 5.94. The number of hydrogen-bond donors (Lipinski definition) is 1. The van der Waals surface area contributed by atoms with Gasteiger partial charge in [0.05, 0.1) is 30.1 Å². The van der Waals surface area contributed by atoms with Crippen molar-refractivity contribution < 1.29 is 27.1 Å². The molecule has 0 saturated carbocycles. The Hall–Kier alpha value is -3.54. The molecule has 0 saturated heterocycles. The molecule has 1 unspecified atom stereocenters. The Morgan fingerprint density at radius 3 is 2.65 bits per heavy atom. The summed E-state index contributed by atoms with van der Waals surface area (Å²) >= 11 is 0. The number of aryl methyl sites for hydroxylation is 1. The first kappa shape index (κ1) is 22.2. The van der Waals surface area contributed by atoms with Gasteiger partial charge in [-0.2, -0.15) is 13.2 Å². The molecule has 1 atom stereocenters. The van der Waals surface area contributed by atoms with Crippen LogP contribution in [0.4, 0.5) is 13.2 Å². The van der Waals surface area contributed by atoms with Crippen molar-refractivity contribution in [2.75, 3.05) is 6.61 Å². The first-order valence-electron chi connectivity index (χ1n) is 9.47. The Labute approximate surface area is 175 Å². The molecule has 0 radical (unpaired) electrons. The number of nitrogens with one attached hydrogen (secondary N) is 1. The summed E-state index contributed by atoms with van der Waals surface area (Å²) in [6, 6.07) is 5.66. The van der Waals surface area contributed by atoms with Crippen LogP contribution in [0.1, 0.15) is 37.5 Å². The van der Waals surface area contributed by atoms with Crippen LogP contribution in [-0.4, -0.2) is 18.8 Å². The molecule has 31 heavy (non-hydrogen) atoms. The van der Waals surface area contributed by atoms with E-state index in [9.17, 15) is 22.8 Å². The van der Waals surface area contributed by atoms with E-state index in [-0.39, 0.29) is 45.6 Å². The van der Waals surface area contributed by atoms with Gasteiger partial charge in [0.1, 0.15) is 17.0 Å². The van der Waals surface area contributed by atoms with Gasteiger partial charge in [-0.1, -0.05) is 19.1 Å². The van der Waals surface area contributed by atoms with Crippen LogP contribution in [0.5, 0.6) is 0 Å². The summed E-state index contributed by atoms with van der Waals surface area (Å²) < 4.78 is 52.1. The van der Waals surface area contributed by atoms with Crippen LogP contribution < -0.4 is 10.7 Å². The molecule has 1 aliphatic rings. The lowest BCUT2D eigenvalue weighted by Gasteiger charge is -2.30. The molecule has 2 aromatic rings. The van der Waals surface area contributed by atoms with E-state index in [1.54, 1.807) is 6.92 Å². The number of para-hydroxylation sites is 1. The molecule has 0 bridgehead atoms. The van der Waals surface area contributed by atoms with Crippen molar-refractivity contribution in [2.45, 2.75) is 39.3 Å². The van der Waals surface area contributed by atoms with E-state index in [0.717, 1.165) is 0 Å². The molecule has 3 rings (SSSR count). The Morgan fingerprint density at radius 2 is 2.03 bits per heavy atom. The third-order valence-electron chi connectivity index (χ3n) is 4.82. The molecule has 162 valence electrons. The van der Waals surface area contributed by atoms with Crippen LogP contribution in [0.25, 0.3) is 15.8 Å². The largest absolute Gasteiger partial charge is 0.462 e. The van der Waals surface area contributed by atoms with Crippen molar-refractivity contribution in [3.63, 3.8) is 0 Å². The zero-order valence-corrected chi connectivity index (χ0v) is 17.0. The smallest absolute Gasteiger partial charge is 0.421 e. The average Bonchev–Trinajstić information content (AvgIpc) is 2.70. The second-order valence-corrected chi connectivity index (χ2v) is 7.05. The van der Waals surface area contributed by atoms with Crippen LogP contribution in [0.3, 0.4) is 0 Å². The van der Waals surface area contributed by atoms with Crippen molar-refractivity contribution in [3.05, 3.63) is 79.9 Å². The zero-order chi connectivity index (χ0) is 22.9. The van der Waals surface area contributed by atoms with E-state index >= 15 is 0 Å². The van der Waals surface area contributed by atoms with Gasteiger partial charge < -0.3 is 14.5 Å². The average molecular weight is 432 g/mol. The summed E-state index contributed by atoms with van der Waals surface area (Å²) in [5, 5.41) is 2.30. The molecule has 1 aromatic heterocycles. The molecular formula is C22H19F3N2O4. The number of carbonyl (C=O) groups excluding carboxylic acids is 1. The minimum Gasteiger partial charge on any atom is -0.462 e. The van der Waals surface area contributed by atoms with Gasteiger partial charge in [0.25, 0.3) is 0 Å². The maximum Gasteiger partial charge on any atom is 0.421 e. The van der Waals surface area contributed by atoms with E-state index in [1.807, 2.05) is 0 Å². The maximum absolute atomic E-state index is 13.7. The van der Waals surface area contributed by atoms with Gasteiger partial charge >= 0.3 is 12.1 Å². The van der Waals surface area contributed by atoms with E-state index in [2.05, 4.69) is 10.2 Å². The van der Waals surface area contributed by atoms with Crippen LogP contribution in [0.15, 0.2) is 56.1 Å². The highest BCUT2D eigenvalue weighted by Crippen LogP contribution is 2.45. The lowest BCUT2D eigenvalue weighted by molar-refractivity contribution is -0.139. The molecule has 2 heterocycles. The lowest BCUT2D eigenvalue weighted by atomic mass is 9.83. The van der Waals surface area contributed by atoms with Gasteiger partial charge in [-0.05, 0) is 31.9 Å². The Kier molecular flexibility index (Phi) is 5.93. The van der Waals surface area contributed by atoms with E-state index in [0.29, 0.717) is 6.42 Å². The van der Waals surface area contributed by atoms with Crippen molar-refractivity contribution in [2.24, 2.45) is 0 Å². The first-order chi connectivity index (χ1) is 14.6. The molecule has 0 amide bonds. The van der Waals surface area contributed by atoms with Gasteiger partial charge in [0.2, 0.25) is 5.70 Å². The number of esters is 1. The van der Waals surface area contributed by atoms with Crippen molar-refractivity contribution in [3.8, 4) is 0 Å². The van der Waals surface area contributed by atoms with Crippen molar-refractivity contribution >= 4 is 16.9 Å². The second kappa shape index (κ2) is 8.30. The minimum atomic E-state index is -4.86. The second-order valence-electron chi connectivity index (χ2n) is 7.05. The quantitative estimate of drug-likeness (QED) is 0.560.